The van der Waals surface area contributed by atoms with Crippen LogP contribution in [0.1, 0.15) is 67.3 Å². The van der Waals surface area contributed by atoms with Crippen molar-refractivity contribution in [3.63, 3.8) is 0 Å². The SMILES string of the molecule is C/C=C(\CCCN1CCC(N(C)C)CC1)c1scc(C(=O)NCC2C(=O)N=C(C)C=C2C)c1C. The molecular formula is C27H40N4O2S. The maximum Gasteiger partial charge on any atom is 0.254 e. The van der Waals surface area contributed by atoms with Crippen molar-refractivity contribution in [3.8, 4) is 0 Å². The van der Waals surface area contributed by atoms with Gasteiger partial charge in [0, 0.05) is 28.6 Å². The highest BCUT2D eigenvalue weighted by molar-refractivity contribution is 7.11. The zero-order chi connectivity index (χ0) is 24.8. The van der Waals surface area contributed by atoms with Gasteiger partial charge in [0.05, 0.1) is 11.5 Å². The van der Waals surface area contributed by atoms with Crippen LogP contribution in [0.2, 0.25) is 0 Å². The number of aliphatic imine (C=N–C) groups is 1. The average molecular weight is 485 g/mol. The predicted molar refractivity (Wildman–Crippen MR) is 143 cm³/mol. The maximum absolute atomic E-state index is 12.9. The van der Waals surface area contributed by atoms with Gasteiger partial charge in [-0.25, -0.2) is 4.99 Å². The van der Waals surface area contributed by atoms with Crippen molar-refractivity contribution in [2.24, 2.45) is 10.9 Å². The van der Waals surface area contributed by atoms with Gasteiger partial charge >= 0.3 is 0 Å². The molecule has 1 atom stereocenters. The molecule has 186 valence electrons. The highest BCUT2D eigenvalue weighted by Gasteiger charge is 2.25. The molecule has 2 aliphatic rings. The van der Waals surface area contributed by atoms with Crippen molar-refractivity contribution in [3.05, 3.63) is 39.1 Å². The Labute approximate surface area is 208 Å². The van der Waals surface area contributed by atoms with Crippen molar-refractivity contribution in [1.82, 2.24) is 15.1 Å². The normalized spacial score (nSPS) is 20.5. The van der Waals surface area contributed by atoms with E-state index in [1.807, 2.05) is 32.2 Å². The molecule has 0 radical (unpaired) electrons. The summed E-state index contributed by atoms with van der Waals surface area (Å²) in [5.74, 6) is -0.672. The first kappa shape index (κ1) is 26.5. The molecule has 3 rings (SSSR count). The number of hydrogen-bond acceptors (Lipinski definition) is 5. The van der Waals surface area contributed by atoms with Crippen LogP contribution in [-0.4, -0.2) is 73.6 Å². The molecule has 0 spiro atoms. The fraction of sp³-hybridized carbons (Fsp3) is 0.593. The van der Waals surface area contributed by atoms with Crippen molar-refractivity contribution < 1.29 is 9.59 Å². The van der Waals surface area contributed by atoms with Crippen molar-refractivity contribution in [1.29, 1.82) is 0 Å². The Morgan fingerprint density at radius 2 is 1.97 bits per heavy atom. The lowest BCUT2D eigenvalue weighted by Gasteiger charge is -2.35. The molecule has 1 N–H and O–H groups in total. The zero-order valence-electron chi connectivity index (χ0n) is 21.6. The number of thiophene rings is 1. The van der Waals surface area contributed by atoms with Gasteiger partial charge in [-0.1, -0.05) is 11.6 Å². The number of dihydropyridines is 1. The monoisotopic (exact) mass is 484 g/mol. The topological polar surface area (TPSA) is 65.0 Å². The van der Waals surface area contributed by atoms with E-state index in [1.54, 1.807) is 11.3 Å². The van der Waals surface area contributed by atoms with E-state index in [9.17, 15) is 9.59 Å². The second-order valence-corrected chi connectivity index (χ2v) is 10.7. The van der Waals surface area contributed by atoms with E-state index in [0.717, 1.165) is 36.2 Å². The Balaban J connectivity index is 1.52. The largest absolute Gasteiger partial charge is 0.351 e. The van der Waals surface area contributed by atoms with E-state index >= 15 is 0 Å². The van der Waals surface area contributed by atoms with Gasteiger partial charge in [-0.3, -0.25) is 9.59 Å². The summed E-state index contributed by atoms with van der Waals surface area (Å²) in [4.78, 5) is 35.3. The molecule has 0 saturated carbocycles. The van der Waals surface area contributed by atoms with Gasteiger partial charge in [-0.2, -0.15) is 0 Å². The maximum atomic E-state index is 12.9. The van der Waals surface area contributed by atoms with E-state index in [2.05, 4.69) is 47.2 Å². The molecule has 1 fully saturated rings. The average Bonchev–Trinajstić information content (AvgIpc) is 3.17. The zero-order valence-corrected chi connectivity index (χ0v) is 22.4. The molecule has 34 heavy (non-hydrogen) atoms. The van der Waals surface area contributed by atoms with E-state index in [1.165, 1.54) is 36.4 Å². The standard InChI is InChI=1S/C27H40N4O2S/c1-7-21(9-8-12-31-13-10-22(11-14-31)30(5)6)25-20(4)24(17-34-25)26(32)28-16-23-18(2)15-19(3)29-27(23)33/h7,15,17,22-23H,8-14,16H2,1-6H3,(H,28,32)/b21-7+. The molecule has 3 heterocycles. The number of rotatable bonds is 9. The van der Waals surface area contributed by atoms with E-state index in [4.69, 9.17) is 0 Å². The van der Waals surface area contributed by atoms with Crippen LogP contribution in [0.25, 0.3) is 5.57 Å². The molecule has 1 aromatic heterocycles. The van der Waals surface area contributed by atoms with Gasteiger partial charge in [0.15, 0.2) is 0 Å². The minimum Gasteiger partial charge on any atom is -0.351 e. The minimum absolute atomic E-state index is 0.119. The molecule has 7 heteroatoms. The fourth-order valence-electron chi connectivity index (χ4n) is 4.95. The molecule has 0 aromatic carbocycles. The van der Waals surface area contributed by atoms with Gasteiger partial charge in [0.1, 0.15) is 0 Å². The van der Waals surface area contributed by atoms with Crippen LogP contribution in [0.3, 0.4) is 0 Å². The highest BCUT2D eigenvalue weighted by Crippen LogP contribution is 2.32. The summed E-state index contributed by atoms with van der Waals surface area (Å²) in [6.07, 6.45) is 8.74. The van der Waals surface area contributed by atoms with Crippen molar-refractivity contribution >= 4 is 34.4 Å². The van der Waals surface area contributed by atoms with Gasteiger partial charge in [0.2, 0.25) is 0 Å². The summed E-state index contributed by atoms with van der Waals surface area (Å²) >= 11 is 1.64. The lowest BCUT2D eigenvalue weighted by molar-refractivity contribution is -0.120. The first-order chi connectivity index (χ1) is 16.2. The Morgan fingerprint density at radius 1 is 1.26 bits per heavy atom. The van der Waals surface area contributed by atoms with Crippen LogP contribution in [0.5, 0.6) is 0 Å². The molecule has 1 unspecified atom stereocenters. The third-order valence-electron chi connectivity index (χ3n) is 7.17. The predicted octanol–water partition coefficient (Wildman–Crippen LogP) is 4.56. The quantitative estimate of drug-likeness (QED) is 0.558. The lowest BCUT2D eigenvalue weighted by atomic mass is 9.95. The van der Waals surface area contributed by atoms with Crippen LogP contribution in [0.15, 0.2) is 28.1 Å². The van der Waals surface area contributed by atoms with Crippen LogP contribution >= 0.6 is 11.3 Å². The van der Waals surface area contributed by atoms with Gasteiger partial charge in [-0.15, -0.1) is 11.3 Å². The summed E-state index contributed by atoms with van der Waals surface area (Å²) in [5, 5.41) is 4.91. The number of likely N-dealkylation sites (tertiary alicyclic amines) is 1. The number of allylic oxidation sites excluding steroid dienone is 3. The lowest BCUT2D eigenvalue weighted by Crippen LogP contribution is -2.42. The highest BCUT2D eigenvalue weighted by atomic mass is 32.1. The Kier molecular flexibility index (Phi) is 9.39. The number of piperidine rings is 1. The number of carbonyl (C=O) groups is 2. The van der Waals surface area contributed by atoms with Gasteiger partial charge in [-0.05, 0) is 104 Å². The fourth-order valence-corrected chi connectivity index (χ4v) is 6.12. The summed E-state index contributed by atoms with van der Waals surface area (Å²) in [7, 11) is 4.36. The second kappa shape index (κ2) is 12.0. The third-order valence-corrected chi connectivity index (χ3v) is 8.33. The molecule has 6 nitrogen and oxygen atoms in total. The molecule has 2 aliphatic heterocycles. The molecule has 2 amide bonds. The number of carbonyl (C=O) groups excluding carboxylic acids is 2. The van der Waals surface area contributed by atoms with Gasteiger partial charge < -0.3 is 15.1 Å². The van der Waals surface area contributed by atoms with E-state index in [-0.39, 0.29) is 24.3 Å². The molecule has 1 aromatic rings. The number of nitrogens with zero attached hydrogens (tertiary/aromatic N) is 3. The summed E-state index contributed by atoms with van der Waals surface area (Å²) < 4.78 is 0. The summed E-state index contributed by atoms with van der Waals surface area (Å²) in [6, 6.07) is 0.716. The molecule has 0 bridgehead atoms. The summed E-state index contributed by atoms with van der Waals surface area (Å²) in [6.45, 7) is 11.6. The smallest absolute Gasteiger partial charge is 0.254 e. The first-order valence-electron chi connectivity index (χ1n) is 12.4. The van der Waals surface area contributed by atoms with Crippen molar-refractivity contribution in [2.45, 2.75) is 59.4 Å². The molecule has 0 aliphatic carbocycles. The number of amides is 2. The Morgan fingerprint density at radius 3 is 2.59 bits per heavy atom. The van der Waals surface area contributed by atoms with Crippen LogP contribution < -0.4 is 5.32 Å². The Hall–Kier alpha value is -2.09. The third kappa shape index (κ3) is 6.52. The van der Waals surface area contributed by atoms with E-state index in [0.29, 0.717) is 11.6 Å². The number of nitrogens with one attached hydrogen (secondary N) is 1. The summed E-state index contributed by atoms with van der Waals surface area (Å²) in [5.41, 5.74) is 4.71. The Bertz CT molecular complexity index is 981. The van der Waals surface area contributed by atoms with Gasteiger partial charge in [0.25, 0.3) is 11.8 Å². The minimum atomic E-state index is -0.375. The van der Waals surface area contributed by atoms with Crippen LogP contribution in [0, 0.1) is 12.8 Å². The second-order valence-electron chi connectivity index (χ2n) is 9.80. The molecular weight excluding hydrogens is 444 g/mol. The van der Waals surface area contributed by atoms with Crippen LogP contribution in [0.4, 0.5) is 0 Å². The number of hydrogen-bond donors (Lipinski definition) is 1. The van der Waals surface area contributed by atoms with Crippen LogP contribution in [-0.2, 0) is 4.79 Å². The first-order valence-corrected chi connectivity index (χ1v) is 13.3. The van der Waals surface area contributed by atoms with E-state index < -0.39 is 0 Å². The molecule has 1 saturated heterocycles. The van der Waals surface area contributed by atoms with Crippen molar-refractivity contribution in [2.75, 3.05) is 40.3 Å².